The van der Waals surface area contributed by atoms with Gasteiger partial charge in [0.1, 0.15) is 17.5 Å². The maximum atomic E-state index is 14.5. The number of thiazole rings is 1. The van der Waals surface area contributed by atoms with Gasteiger partial charge in [0.05, 0.1) is 21.5 Å². The molecule has 0 atom stereocenters. The van der Waals surface area contributed by atoms with Gasteiger partial charge in [-0.2, -0.15) is 0 Å². The van der Waals surface area contributed by atoms with Crippen molar-refractivity contribution in [2.24, 2.45) is 0 Å². The van der Waals surface area contributed by atoms with Crippen LogP contribution in [0.4, 0.5) is 24.0 Å². The molecule has 2 N–H and O–H groups in total. The Morgan fingerprint density at radius 3 is 2.32 bits per heavy atom. The second-order valence-electron chi connectivity index (χ2n) is 5.95. The van der Waals surface area contributed by atoms with E-state index in [0.717, 1.165) is 12.1 Å². The molecule has 0 bridgehead atoms. The number of carbonyl (C=O) groups is 1. The third-order valence-corrected chi connectivity index (χ3v) is 5.03. The van der Waals surface area contributed by atoms with E-state index in [4.69, 9.17) is 5.11 Å². The largest absolute Gasteiger partial charge is 0.478 e. The average molecular weight is 400 g/mol. The Labute approximate surface area is 160 Å². The van der Waals surface area contributed by atoms with Crippen LogP contribution in [0, 0.1) is 17.5 Å². The van der Waals surface area contributed by atoms with Gasteiger partial charge in [-0.05, 0) is 53.6 Å². The van der Waals surface area contributed by atoms with Crippen LogP contribution in [0.1, 0.15) is 10.4 Å². The first-order valence-electron chi connectivity index (χ1n) is 8.06. The van der Waals surface area contributed by atoms with Crippen LogP contribution in [0.5, 0.6) is 0 Å². The number of anilines is 2. The third-order valence-electron chi connectivity index (χ3n) is 4.09. The lowest BCUT2D eigenvalue weighted by Gasteiger charge is -2.08. The summed E-state index contributed by atoms with van der Waals surface area (Å²) in [5.74, 6) is -3.23. The van der Waals surface area contributed by atoms with Gasteiger partial charge in [-0.15, -0.1) is 0 Å². The van der Waals surface area contributed by atoms with Crippen LogP contribution in [0.25, 0.3) is 21.3 Å². The molecule has 0 radical (unpaired) electrons. The second kappa shape index (κ2) is 6.97. The van der Waals surface area contributed by atoms with E-state index in [1.54, 1.807) is 12.1 Å². The van der Waals surface area contributed by atoms with E-state index < -0.39 is 23.2 Å². The molecule has 0 saturated heterocycles. The number of fused-ring (bicyclic) bond motifs is 1. The number of rotatable bonds is 4. The quantitative estimate of drug-likeness (QED) is 0.453. The molecule has 140 valence electrons. The van der Waals surface area contributed by atoms with Crippen molar-refractivity contribution in [3.63, 3.8) is 0 Å². The zero-order valence-corrected chi connectivity index (χ0v) is 14.9. The molecule has 0 aliphatic heterocycles. The van der Waals surface area contributed by atoms with Crippen molar-refractivity contribution in [1.29, 1.82) is 0 Å². The zero-order chi connectivity index (χ0) is 19.8. The highest BCUT2D eigenvalue weighted by Gasteiger charge is 2.13. The lowest BCUT2D eigenvalue weighted by Crippen LogP contribution is -2.00. The molecule has 4 aromatic rings. The number of nitrogens with zero attached hydrogens (tertiary/aromatic N) is 1. The van der Waals surface area contributed by atoms with Crippen molar-refractivity contribution in [1.82, 2.24) is 4.98 Å². The molecule has 4 rings (SSSR count). The molecule has 0 aliphatic rings. The van der Waals surface area contributed by atoms with Crippen LogP contribution in [0.3, 0.4) is 0 Å². The maximum Gasteiger partial charge on any atom is 0.338 e. The number of nitrogens with one attached hydrogen (secondary N) is 1. The van der Waals surface area contributed by atoms with Crippen LogP contribution >= 0.6 is 11.3 Å². The van der Waals surface area contributed by atoms with E-state index in [0.29, 0.717) is 26.5 Å². The van der Waals surface area contributed by atoms with E-state index in [-0.39, 0.29) is 11.5 Å². The first-order valence-corrected chi connectivity index (χ1v) is 8.88. The van der Waals surface area contributed by atoms with Gasteiger partial charge in [-0.25, -0.2) is 22.9 Å². The fourth-order valence-corrected chi connectivity index (χ4v) is 3.63. The van der Waals surface area contributed by atoms with Crippen molar-refractivity contribution >= 4 is 38.3 Å². The Balaban J connectivity index is 1.62. The lowest BCUT2D eigenvalue weighted by atomic mass is 10.0. The molecular weight excluding hydrogens is 389 g/mol. The van der Waals surface area contributed by atoms with Crippen LogP contribution in [-0.4, -0.2) is 16.1 Å². The molecule has 0 fully saturated rings. The van der Waals surface area contributed by atoms with Crippen molar-refractivity contribution < 1.29 is 23.1 Å². The Morgan fingerprint density at radius 1 is 0.929 bits per heavy atom. The van der Waals surface area contributed by atoms with Crippen molar-refractivity contribution in [2.75, 3.05) is 5.32 Å². The summed E-state index contributed by atoms with van der Waals surface area (Å²) in [5, 5.41) is 12.1. The number of carboxylic acids is 1. The highest BCUT2D eigenvalue weighted by molar-refractivity contribution is 7.22. The maximum absolute atomic E-state index is 14.5. The van der Waals surface area contributed by atoms with Gasteiger partial charge in [0.2, 0.25) is 0 Å². The third kappa shape index (κ3) is 3.41. The van der Waals surface area contributed by atoms with Gasteiger partial charge in [0.15, 0.2) is 5.13 Å². The first-order chi connectivity index (χ1) is 13.4. The first kappa shape index (κ1) is 18.0. The fraction of sp³-hybridized carbons (Fsp3) is 0. The SMILES string of the molecule is O=C(O)c1ccc(-c2ccc(Nc3nc4ccc(F)cc4s3)c(F)c2)cc1F. The Kier molecular flexibility index (Phi) is 4.48. The standard InChI is InChI=1S/C20H11F3N2O2S/c21-12-3-6-17-18(9-12)28-20(25-17)24-16-5-2-11(8-15(16)23)10-1-4-13(19(26)27)14(22)7-10/h1-9H,(H,24,25)(H,26,27). The van der Waals surface area contributed by atoms with Crippen molar-refractivity contribution in [2.45, 2.75) is 0 Å². The molecule has 0 unspecified atom stereocenters. The van der Waals surface area contributed by atoms with Gasteiger partial charge < -0.3 is 10.4 Å². The molecular formula is C20H11F3N2O2S. The summed E-state index contributed by atoms with van der Waals surface area (Å²) in [6.45, 7) is 0. The molecule has 28 heavy (non-hydrogen) atoms. The fourth-order valence-electron chi connectivity index (χ4n) is 2.73. The Bertz CT molecular complexity index is 1220. The minimum atomic E-state index is -1.37. The summed E-state index contributed by atoms with van der Waals surface area (Å²) in [5.41, 5.74) is 1.05. The molecule has 0 aliphatic carbocycles. The number of benzene rings is 3. The molecule has 1 aromatic heterocycles. The van der Waals surface area contributed by atoms with Gasteiger partial charge in [-0.1, -0.05) is 23.5 Å². The smallest absolute Gasteiger partial charge is 0.338 e. The average Bonchev–Trinajstić information content (AvgIpc) is 3.04. The Morgan fingerprint density at radius 2 is 1.64 bits per heavy atom. The van der Waals surface area contributed by atoms with Crippen LogP contribution in [0.2, 0.25) is 0 Å². The minimum absolute atomic E-state index is 0.158. The summed E-state index contributed by atoms with van der Waals surface area (Å²) in [4.78, 5) is 15.2. The Hall–Kier alpha value is -3.39. The summed E-state index contributed by atoms with van der Waals surface area (Å²) in [6.07, 6.45) is 0. The molecule has 1 heterocycles. The van der Waals surface area contributed by atoms with Crippen LogP contribution in [-0.2, 0) is 0 Å². The number of hydrogen-bond acceptors (Lipinski definition) is 4. The predicted octanol–water partition coefficient (Wildman–Crippen LogP) is 5.82. The van der Waals surface area contributed by atoms with Crippen LogP contribution < -0.4 is 5.32 Å². The monoisotopic (exact) mass is 400 g/mol. The second-order valence-corrected chi connectivity index (χ2v) is 6.98. The van der Waals surface area contributed by atoms with E-state index in [1.807, 2.05) is 0 Å². The van der Waals surface area contributed by atoms with Gasteiger partial charge in [-0.3, -0.25) is 0 Å². The van der Waals surface area contributed by atoms with Gasteiger partial charge >= 0.3 is 5.97 Å². The number of carboxylic acid groups (broad SMARTS) is 1. The minimum Gasteiger partial charge on any atom is -0.478 e. The summed E-state index contributed by atoms with van der Waals surface area (Å²) < 4.78 is 42.3. The summed E-state index contributed by atoms with van der Waals surface area (Å²) in [7, 11) is 0. The topological polar surface area (TPSA) is 62.2 Å². The highest BCUT2D eigenvalue weighted by atomic mass is 32.1. The van der Waals surface area contributed by atoms with E-state index in [9.17, 15) is 18.0 Å². The predicted molar refractivity (Wildman–Crippen MR) is 102 cm³/mol. The molecule has 0 spiro atoms. The molecule has 3 aromatic carbocycles. The van der Waals surface area contributed by atoms with E-state index in [2.05, 4.69) is 10.3 Å². The highest BCUT2D eigenvalue weighted by Crippen LogP contribution is 2.31. The number of aromatic carboxylic acids is 1. The van der Waals surface area contributed by atoms with E-state index >= 15 is 0 Å². The normalized spacial score (nSPS) is 11.0. The van der Waals surface area contributed by atoms with Gasteiger partial charge in [0.25, 0.3) is 0 Å². The lowest BCUT2D eigenvalue weighted by molar-refractivity contribution is 0.0692. The van der Waals surface area contributed by atoms with Crippen molar-refractivity contribution in [3.05, 3.63) is 77.6 Å². The van der Waals surface area contributed by atoms with Crippen molar-refractivity contribution in [3.8, 4) is 11.1 Å². The molecule has 0 amide bonds. The molecule has 8 heteroatoms. The number of hydrogen-bond donors (Lipinski definition) is 2. The summed E-state index contributed by atoms with van der Waals surface area (Å²) >= 11 is 1.19. The number of halogens is 3. The van der Waals surface area contributed by atoms with E-state index in [1.165, 1.54) is 41.7 Å². The van der Waals surface area contributed by atoms with Crippen LogP contribution in [0.15, 0.2) is 54.6 Å². The van der Waals surface area contributed by atoms with Gasteiger partial charge in [0, 0.05) is 0 Å². The molecule has 4 nitrogen and oxygen atoms in total. The zero-order valence-electron chi connectivity index (χ0n) is 14.0. The summed E-state index contributed by atoms with van der Waals surface area (Å²) in [6, 6.07) is 12.1. The number of aromatic nitrogens is 1. The molecule has 0 saturated carbocycles.